The van der Waals surface area contributed by atoms with E-state index < -0.39 is 17.1 Å². The van der Waals surface area contributed by atoms with Gasteiger partial charge in [-0.05, 0) is 42.5 Å². The zero-order chi connectivity index (χ0) is 25.9. The number of hydrogen-bond donors (Lipinski definition) is 2. The minimum atomic E-state index is -1.65. The Balaban J connectivity index is 1.37. The van der Waals surface area contributed by atoms with Crippen LogP contribution in [-0.4, -0.2) is 41.8 Å². The second-order valence-electron chi connectivity index (χ2n) is 8.07. The summed E-state index contributed by atoms with van der Waals surface area (Å²) >= 11 is 1.27. The van der Waals surface area contributed by atoms with Gasteiger partial charge in [-0.2, -0.15) is 0 Å². The molecule has 4 aromatic rings. The van der Waals surface area contributed by atoms with Gasteiger partial charge in [-0.3, -0.25) is 4.72 Å². The van der Waals surface area contributed by atoms with Gasteiger partial charge in [0.05, 0.1) is 27.9 Å². The van der Waals surface area contributed by atoms with Crippen molar-refractivity contribution < 1.29 is 32.5 Å². The standard InChI is InChI=1S/C24H24N4O7S2/c1-31-17-7-13-5-4-6-14(13)8-20(17)37(30)28-22-21-18(32-2)9-15(10-19(21)35-27-22)34-24-26-12-16(36-24)11-25-23(29)33-3/h7-10,12H,4-6,11H2,1-3H3,(H,25,29)(H,27,28). The smallest absolute Gasteiger partial charge is 0.407 e. The zero-order valence-corrected chi connectivity index (χ0v) is 21.9. The molecule has 2 aromatic carbocycles. The first-order chi connectivity index (χ1) is 18.0. The van der Waals surface area contributed by atoms with Crippen LogP contribution in [0.5, 0.6) is 22.4 Å². The second kappa shape index (κ2) is 10.6. The van der Waals surface area contributed by atoms with E-state index in [4.69, 9.17) is 18.7 Å². The molecule has 2 aromatic heterocycles. The average Bonchev–Trinajstić information content (AvgIpc) is 3.66. The first kappa shape index (κ1) is 24.8. The molecule has 1 atom stereocenters. The van der Waals surface area contributed by atoms with E-state index in [0.29, 0.717) is 38.3 Å². The van der Waals surface area contributed by atoms with Gasteiger partial charge >= 0.3 is 6.09 Å². The molecule has 0 spiro atoms. The molecule has 1 aliphatic rings. The molecule has 0 aliphatic heterocycles. The number of benzene rings is 2. The van der Waals surface area contributed by atoms with E-state index in [9.17, 15) is 9.00 Å². The van der Waals surface area contributed by atoms with Gasteiger partial charge in [0.1, 0.15) is 27.5 Å². The van der Waals surface area contributed by atoms with Crippen LogP contribution in [0.3, 0.4) is 0 Å². The lowest BCUT2D eigenvalue weighted by atomic mass is 10.1. The Labute approximate surface area is 218 Å². The van der Waals surface area contributed by atoms with Crippen molar-refractivity contribution in [2.45, 2.75) is 30.7 Å². The molecule has 1 unspecified atom stereocenters. The SMILES string of the molecule is COC(=O)NCc1cnc(Oc2cc(OC)c3c(NS(=O)c4cc5c(cc4OC)CCC5)noc3c2)s1. The molecule has 5 rings (SSSR count). The fourth-order valence-electron chi connectivity index (χ4n) is 4.08. The predicted octanol–water partition coefficient (Wildman–Crippen LogP) is 4.57. The Hall–Kier alpha value is -3.84. The molecule has 11 nitrogen and oxygen atoms in total. The first-order valence-corrected chi connectivity index (χ1v) is 13.3. The van der Waals surface area contributed by atoms with Crippen LogP contribution in [0.15, 0.2) is 39.9 Å². The number of amides is 1. The quantitative estimate of drug-likeness (QED) is 0.311. The van der Waals surface area contributed by atoms with E-state index in [-0.39, 0.29) is 12.4 Å². The van der Waals surface area contributed by atoms with E-state index in [1.807, 2.05) is 12.1 Å². The lowest BCUT2D eigenvalue weighted by Gasteiger charge is -2.12. The maximum atomic E-state index is 13.3. The summed E-state index contributed by atoms with van der Waals surface area (Å²) in [6.07, 6.45) is 4.09. The molecule has 1 amide bonds. The van der Waals surface area contributed by atoms with Crippen molar-refractivity contribution in [3.63, 3.8) is 0 Å². The van der Waals surface area contributed by atoms with Gasteiger partial charge in [0.25, 0.3) is 5.19 Å². The summed E-state index contributed by atoms with van der Waals surface area (Å²) in [6, 6.07) is 7.19. The van der Waals surface area contributed by atoms with Crippen molar-refractivity contribution in [3.05, 3.63) is 46.5 Å². The Morgan fingerprint density at radius 3 is 2.65 bits per heavy atom. The van der Waals surface area contributed by atoms with E-state index >= 15 is 0 Å². The Morgan fingerprint density at radius 2 is 1.89 bits per heavy atom. The third kappa shape index (κ3) is 5.18. The maximum absolute atomic E-state index is 13.3. The molecule has 0 bridgehead atoms. The fraction of sp³-hybridized carbons (Fsp3) is 0.292. The van der Waals surface area contributed by atoms with Gasteiger partial charge in [0.2, 0.25) is 0 Å². The van der Waals surface area contributed by atoms with E-state index in [2.05, 4.69) is 24.9 Å². The maximum Gasteiger partial charge on any atom is 0.407 e. The number of nitrogens with one attached hydrogen (secondary N) is 2. The van der Waals surface area contributed by atoms with Gasteiger partial charge in [0, 0.05) is 23.2 Å². The lowest BCUT2D eigenvalue weighted by Crippen LogP contribution is -2.21. The van der Waals surface area contributed by atoms with Crippen LogP contribution in [-0.2, 0) is 35.1 Å². The third-order valence-electron chi connectivity index (χ3n) is 5.83. The van der Waals surface area contributed by atoms with Crippen molar-refractivity contribution >= 4 is 45.2 Å². The molecular formula is C24H24N4O7S2. The van der Waals surface area contributed by atoms with Gasteiger partial charge < -0.3 is 28.8 Å². The minimum absolute atomic E-state index is 0.263. The number of hydrogen-bond acceptors (Lipinski definition) is 10. The van der Waals surface area contributed by atoms with Crippen LogP contribution in [0.25, 0.3) is 11.0 Å². The van der Waals surface area contributed by atoms with Crippen molar-refractivity contribution in [3.8, 4) is 22.4 Å². The van der Waals surface area contributed by atoms with Crippen LogP contribution in [0.1, 0.15) is 22.4 Å². The van der Waals surface area contributed by atoms with E-state index in [1.54, 1.807) is 25.4 Å². The van der Waals surface area contributed by atoms with Crippen molar-refractivity contribution in [1.29, 1.82) is 0 Å². The topological polar surface area (TPSA) is 134 Å². The second-order valence-corrected chi connectivity index (χ2v) is 10.3. The van der Waals surface area contributed by atoms with Crippen molar-refractivity contribution in [2.75, 3.05) is 26.1 Å². The lowest BCUT2D eigenvalue weighted by molar-refractivity contribution is 0.170. The van der Waals surface area contributed by atoms with Gasteiger partial charge in [-0.25, -0.2) is 14.0 Å². The summed E-state index contributed by atoms with van der Waals surface area (Å²) in [5.41, 5.74) is 2.78. The molecule has 0 saturated carbocycles. The number of carbonyl (C=O) groups is 1. The normalized spacial score (nSPS) is 13.2. The Bertz CT molecular complexity index is 1480. The third-order valence-corrected chi connectivity index (χ3v) is 7.80. The Morgan fingerprint density at radius 1 is 1.11 bits per heavy atom. The number of nitrogens with zero attached hydrogens (tertiary/aromatic N) is 2. The fourth-order valence-corrected chi connectivity index (χ4v) is 5.79. The number of rotatable bonds is 9. The molecule has 37 heavy (non-hydrogen) atoms. The van der Waals surface area contributed by atoms with Crippen LogP contribution >= 0.6 is 11.3 Å². The van der Waals surface area contributed by atoms with E-state index in [0.717, 1.165) is 24.1 Å². The number of aryl methyl sites for hydroxylation is 2. The first-order valence-electron chi connectivity index (χ1n) is 11.3. The summed E-state index contributed by atoms with van der Waals surface area (Å²) in [7, 11) is 2.72. The minimum Gasteiger partial charge on any atom is -0.496 e. The van der Waals surface area contributed by atoms with Crippen molar-refractivity contribution in [2.24, 2.45) is 0 Å². The number of fused-ring (bicyclic) bond motifs is 2. The predicted molar refractivity (Wildman–Crippen MR) is 137 cm³/mol. The number of thiazole rings is 1. The van der Waals surface area contributed by atoms with Crippen LogP contribution in [0.2, 0.25) is 0 Å². The average molecular weight is 545 g/mol. The zero-order valence-electron chi connectivity index (χ0n) is 20.3. The van der Waals surface area contributed by atoms with Crippen LogP contribution in [0.4, 0.5) is 10.6 Å². The molecule has 2 heterocycles. The number of anilines is 1. The molecule has 194 valence electrons. The molecule has 0 radical (unpaired) electrons. The molecular weight excluding hydrogens is 520 g/mol. The van der Waals surface area contributed by atoms with Gasteiger partial charge in [-0.1, -0.05) is 16.5 Å². The van der Waals surface area contributed by atoms with Crippen LogP contribution in [0, 0.1) is 0 Å². The highest BCUT2D eigenvalue weighted by Crippen LogP contribution is 2.39. The van der Waals surface area contributed by atoms with E-state index in [1.165, 1.54) is 36.7 Å². The highest BCUT2D eigenvalue weighted by Gasteiger charge is 2.22. The molecule has 1 aliphatic carbocycles. The summed E-state index contributed by atoms with van der Waals surface area (Å²) in [4.78, 5) is 16.8. The molecule has 0 saturated heterocycles. The van der Waals surface area contributed by atoms with Crippen LogP contribution < -0.4 is 24.2 Å². The molecule has 2 N–H and O–H groups in total. The summed E-state index contributed by atoms with van der Waals surface area (Å²) in [6.45, 7) is 0.263. The molecule has 13 heteroatoms. The Kier molecular flexibility index (Phi) is 7.15. The number of carbonyl (C=O) groups excluding carboxylic acids is 1. The number of ether oxygens (including phenoxy) is 4. The summed E-state index contributed by atoms with van der Waals surface area (Å²) in [5.74, 6) is 1.66. The highest BCUT2D eigenvalue weighted by atomic mass is 32.2. The summed E-state index contributed by atoms with van der Waals surface area (Å²) in [5, 5.41) is 7.55. The van der Waals surface area contributed by atoms with Gasteiger partial charge in [-0.15, -0.1) is 0 Å². The highest BCUT2D eigenvalue weighted by molar-refractivity contribution is 7.86. The molecule has 0 fully saturated rings. The number of aromatic nitrogens is 2. The number of alkyl carbamates (subject to hydrolysis) is 1. The largest absolute Gasteiger partial charge is 0.496 e. The monoisotopic (exact) mass is 544 g/mol. The van der Waals surface area contributed by atoms with Gasteiger partial charge in [0.15, 0.2) is 22.4 Å². The van der Waals surface area contributed by atoms with Crippen molar-refractivity contribution in [1.82, 2.24) is 15.5 Å². The number of methoxy groups -OCH3 is 3. The summed E-state index contributed by atoms with van der Waals surface area (Å²) < 4.78 is 43.2.